The number of methoxy groups -OCH3 is 2. The lowest BCUT2D eigenvalue weighted by atomic mass is 10.00. The number of rotatable bonds is 5. The Hall–Kier alpha value is -1.75. The van der Waals surface area contributed by atoms with Crippen LogP contribution in [0.5, 0.6) is 11.5 Å². The fourth-order valence-corrected chi connectivity index (χ4v) is 2.49. The maximum atomic E-state index is 12.3. The molecule has 1 amide bonds. The van der Waals surface area contributed by atoms with Crippen LogP contribution in [-0.4, -0.2) is 39.3 Å². The Labute approximate surface area is 119 Å². The second kappa shape index (κ2) is 6.61. The largest absolute Gasteiger partial charge is 0.497 e. The third kappa shape index (κ3) is 3.22. The van der Waals surface area contributed by atoms with E-state index in [0.717, 1.165) is 19.5 Å². The van der Waals surface area contributed by atoms with Crippen molar-refractivity contribution in [2.24, 2.45) is 5.92 Å². The van der Waals surface area contributed by atoms with Crippen molar-refractivity contribution in [2.75, 3.05) is 27.3 Å². The minimum atomic E-state index is -0.107. The maximum absolute atomic E-state index is 12.3. The summed E-state index contributed by atoms with van der Waals surface area (Å²) in [4.78, 5) is 12.3. The first-order chi connectivity index (χ1) is 9.65. The molecule has 1 saturated heterocycles. The van der Waals surface area contributed by atoms with E-state index in [1.807, 2.05) is 6.92 Å². The number of nitrogens with one attached hydrogen (secondary N) is 2. The van der Waals surface area contributed by atoms with Gasteiger partial charge in [0.05, 0.1) is 19.8 Å². The van der Waals surface area contributed by atoms with Crippen LogP contribution in [0, 0.1) is 5.92 Å². The van der Waals surface area contributed by atoms with Crippen LogP contribution in [0.25, 0.3) is 0 Å². The lowest BCUT2D eigenvalue weighted by Crippen LogP contribution is -2.39. The molecule has 1 aliphatic heterocycles. The van der Waals surface area contributed by atoms with Crippen molar-refractivity contribution >= 4 is 5.91 Å². The van der Waals surface area contributed by atoms with Crippen LogP contribution < -0.4 is 20.1 Å². The molecule has 0 bridgehead atoms. The smallest absolute Gasteiger partial charge is 0.255 e. The summed E-state index contributed by atoms with van der Waals surface area (Å²) in [7, 11) is 3.14. The van der Waals surface area contributed by atoms with E-state index >= 15 is 0 Å². The van der Waals surface area contributed by atoms with Gasteiger partial charge in [-0.15, -0.1) is 0 Å². The summed E-state index contributed by atoms with van der Waals surface area (Å²) in [6, 6.07) is 5.35. The molecule has 2 atom stereocenters. The van der Waals surface area contributed by atoms with E-state index in [4.69, 9.17) is 9.47 Å². The maximum Gasteiger partial charge on any atom is 0.255 e. The van der Waals surface area contributed by atoms with E-state index in [0.29, 0.717) is 23.0 Å². The van der Waals surface area contributed by atoms with Gasteiger partial charge >= 0.3 is 0 Å². The minimum Gasteiger partial charge on any atom is -0.497 e. The van der Waals surface area contributed by atoms with Gasteiger partial charge in [-0.3, -0.25) is 4.79 Å². The molecule has 110 valence electrons. The summed E-state index contributed by atoms with van der Waals surface area (Å²) >= 11 is 0. The van der Waals surface area contributed by atoms with Crippen molar-refractivity contribution in [3.63, 3.8) is 0 Å². The number of carbonyl (C=O) groups excluding carboxylic acids is 1. The van der Waals surface area contributed by atoms with Gasteiger partial charge < -0.3 is 20.1 Å². The summed E-state index contributed by atoms with van der Waals surface area (Å²) in [5.41, 5.74) is 0.533. The monoisotopic (exact) mass is 278 g/mol. The summed E-state index contributed by atoms with van der Waals surface area (Å²) < 4.78 is 10.4. The van der Waals surface area contributed by atoms with Gasteiger partial charge in [0, 0.05) is 12.1 Å². The Morgan fingerprint density at radius 1 is 1.40 bits per heavy atom. The number of amides is 1. The van der Waals surface area contributed by atoms with Gasteiger partial charge in [-0.05, 0) is 44.5 Å². The number of carbonyl (C=O) groups is 1. The van der Waals surface area contributed by atoms with E-state index in [2.05, 4.69) is 10.6 Å². The standard InChI is InChI=1S/C15H22N2O3/c1-10(11-6-7-16-9-11)17-15(18)13-5-4-12(19-2)8-14(13)20-3/h4-5,8,10-11,16H,6-7,9H2,1-3H3,(H,17,18). The SMILES string of the molecule is COc1ccc(C(=O)NC(C)C2CCNC2)c(OC)c1. The van der Waals surface area contributed by atoms with Crippen molar-refractivity contribution in [3.05, 3.63) is 23.8 Å². The van der Waals surface area contributed by atoms with Crippen LogP contribution in [-0.2, 0) is 0 Å². The third-order valence-corrected chi connectivity index (χ3v) is 3.82. The Balaban J connectivity index is 2.08. The molecule has 5 nitrogen and oxygen atoms in total. The number of hydrogen-bond acceptors (Lipinski definition) is 4. The van der Waals surface area contributed by atoms with Gasteiger partial charge in [0.15, 0.2) is 0 Å². The molecule has 0 aromatic heterocycles. The Bertz CT molecular complexity index is 470. The molecule has 0 spiro atoms. The Morgan fingerprint density at radius 3 is 2.80 bits per heavy atom. The summed E-state index contributed by atoms with van der Waals surface area (Å²) in [6.07, 6.45) is 1.10. The average molecular weight is 278 g/mol. The van der Waals surface area contributed by atoms with Crippen LogP contribution in [0.4, 0.5) is 0 Å². The molecule has 0 saturated carbocycles. The fraction of sp³-hybridized carbons (Fsp3) is 0.533. The predicted molar refractivity (Wildman–Crippen MR) is 77.5 cm³/mol. The lowest BCUT2D eigenvalue weighted by molar-refractivity contribution is 0.0925. The molecule has 1 aromatic rings. The normalized spacial score (nSPS) is 19.4. The summed E-state index contributed by atoms with van der Waals surface area (Å²) in [6.45, 7) is 4.03. The molecule has 2 N–H and O–H groups in total. The quantitative estimate of drug-likeness (QED) is 0.855. The summed E-state index contributed by atoms with van der Waals surface area (Å²) in [5.74, 6) is 1.58. The fourth-order valence-electron chi connectivity index (χ4n) is 2.49. The first-order valence-electron chi connectivity index (χ1n) is 6.89. The topological polar surface area (TPSA) is 59.6 Å². The molecule has 0 aliphatic carbocycles. The van der Waals surface area contributed by atoms with Gasteiger partial charge in [-0.1, -0.05) is 0 Å². The van der Waals surface area contributed by atoms with Gasteiger partial charge in [0.1, 0.15) is 11.5 Å². The molecule has 1 fully saturated rings. The van der Waals surface area contributed by atoms with Crippen LogP contribution >= 0.6 is 0 Å². The van der Waals surface area contributed by atoms with Gasteiger partial charge in [-0.2, -0.15) is 0 Å². The second-order valence-corrected chi connectivity index (χ2v) is 5.08. The van der Waals surface area contributed by atoms with Crippen LogP contribution in [0.3, 0.4) is 0 Å². The van der Waals surface area contributed by atoms with Gasteiger partial charge in [0.25, 0.3) is 5.91 Å². The zero-order valence-corrected chi connectivity index (χ0v) is 12.2. The van der Waals surface area contributed by atoms with E-state index in [-0.39, 0.29) is 11.9 Å². The van der Waals surface area contributed by atoms with Crippen LogP contribution in [0.2, 0.25) is 0 Å². The molecule has 0 radical (unpaired) electrons. The highest BCUT2D eigenvalue weighted by atomic mass is 16.5. The van der Waals surface area contributed by atoms with Crippen LogP contribution in [0.15, 0.2) is 18.2 Å². The molecule has 2 rings (SSSR count). The number of hydrogen-bond donors (Lipinski definition) is 2. The van der Waals surface area contributed by atoms with Gasteiger partial charge in [-0.25, -0.2) is 0 Å². The van der Waals surface area contributed by atoms with E-state index in [1.54, 1.807) is 32.4 Å². The number of benzene rings is 1. The first-order valence-corrected chi connectivity index (χ1v) is 6.89. The Kier molecular flexibility index (Phi) is 4.84. The van der Waals surface area contributed by atoms with Gasteiger partial charge in [0.2, 0.25) is 0 Å². The highest BCUT2D eigenvalue weighted by molar-refractivity contribution is 5.97. The highest BCUT2D eigenvalue weighted by Gasteiger charge is 2.24. The van der Waals surface area contributed by atoms with Crippen molar-refractivity contribution in [1.29, 1.82) is 0 Å². The zero-order valence-electron chi connectivity index (χ0n) is 12.2. The van der Waals surface area contributed by atoms with Crippen molar-refractivity contribution < 1.29 is 14.3 Å². The molecule has 5 heteroatoms. The van der Waals surface area contributed by atoms with E-state index in [1.165, 1.54) is 0 Å². The predicted octanol–water partition coefficient (Wildman–Crippen LogP) is 1.43. The van der Waals surface area contributed by atoms with Crippen molar-refractivity contribution in [1.82, 2.24) is 10.6 Å². The third-order valence-electron chi connectivity index (χ3n) is 3.82. The Morgan fingerprint density at radius 2 is 2.20 bits per heavy atom. The average Bonchev–Trinajstić information content (AvgIpc) is 3.00. The zero-order chi connectivity index (χ0) is 14.5. The molecule has 20 heavy (non-hydrogen) atoms. The van der Waals surface area contributed by atoms with E-state index < -0.39 is 0 Å². The first kappa shape index (κ1) is 14.7. The van der Waals surface area contributed by atoms with E-state index in [9.17, 15) is 4.79 Å². The van der Waals surface area contributed by atoms with Crippen molar-refractivity contribution in [3.8, 4) is 11.5 Å². The minimum absolute atomic E-state index is 0.107. The molecular weight excluding hydrogens is 256 g/mol. The molecular formula is C15H22N2O3. The molecule has 1 aromatic carbocycles. The molecule has 1 aliphatic rings. The van der Waals surface area contributed by atoms with Crippen molar-refractivity contribution in [2.45, 2.75) is 19.4 Å². The lowest BCUT2D eigenvalue weighted by Gasteiger charge is -2.20. The molecule has 2 unspecified atom stereocenters. The highest BCUT2D eigenvalue weighted by Crippen LogP contribution is 2.25. The second-order valence-electron chi connectivity index (χ2n) is 5.08. The molecule has 1 heterocycles. The van der Waals surface area contributed by atoms with Crippen LogP contribution in [0.1, 0.15) is 23.7 Å². The summed E-state index contributed by atoms with van der Waals surface area (Å²) in [5, 5.41) is 6.36. The number of ether oxygens (including phenoxy) is 2.